The molecule has 10 heteroatoms. The summed E-state index contributed by atoms with van der Waals surface area (Å²) >= 11 is 0. The van der Waals surface area contributed by atoms with Gasteiger partial charge in [-0.25, -0.2) is 22.0 Å². The van der Waals surface area contributed by atoms with E-state index >= 15 is 0 Å². The van der Waals surface area contributed by atoms with E-state index in [4.69, 9.17) is 9.47 Å². The Morgan fingerprint density at radius 2 is 1.74 bits per heavy atom. The van der Waals surface area contributed by atoms with Gasteiger partial charge < -0.3 is 9.47 Å². The lowest BCUT2D eigenvalue weighted by Gasteiger charge is -2.26. The zero-order chi connectivity index (χ0) is 22.8. The number of carbonyl (C=O) groups excluding carboxylic acids is 2. The molecule has 0 bridgehead atoms. The van der Waals surface area contributed by atoms with Crippen LogP contribution in [0, 0.1) is 18.6 Å². The fraction of sp³-hybridized carbons (Fsp3) is 0.333. The topological polar surface area (TPSA) is 90.0 Å². The Kier molecular flexibility index (Phi) is 6.83. The van der Waals surface area contributed by atoms with Crippen LogP contribution >= 0.6 is 0 Å². The quantitative estimate of drug-likeness (QED) is 0.494. The van der Waals surface area contributed by atoms with Gasteiger partial charge >= 0.3 is 5.97 Å². The number of halogens is 2. The van der Waals surface area contributed by atoms with Gasteiger partial charge in [0.2, 0.25) is 15.8 Å². The van der Waals surface area contributed by atoms with Crippen molar-refractivity contribution in [2.24, 2.45) is 0 Å². The Bertz CT molecular complexity index is 1110. The molecule has 0 aromatic heterocycles. The standard InChI is InChI=1S/C21H21F2NO6S/c1-13-3-5-16(31(27,28)24-7-9-29-10-8-24)12-17(13)21(26)30-14(2)20(25)15-4-6-18(22)19(23)11-15/h3-6,11-12,14H,7-10H2,1-2H3. The molecule has 1 fully saturated rings. The molecule has 2 aromatic carbocycles. The van der Waals surface area contributed by atoms with Crippen molar-refractivity contribution < 1.29 is 36.3 Å². The van der Waals surface area contributed by atoms with Crippen molar-refractivity contribution >= 4 is 21.8 Å². The van der Waals surface area contributed by atoms with E-state index in [2.05, 4.69) is 0 Å². The van der Waals surface area contributed by atoms with Crippen LogP contribution in [0.25, 0.3) is 0 Å². The highest BCUT2D eigenvalue weighted by molar-refractivity contribution is 7.89. The summed E-state index contributed by atoms with van der Waals surface area (Å²) in [5.74, 6) is -3.92. The summed E-state index contributed by atoms with van der Waals surface area (Å²) in [6.45, 7) is 3.87. The molecule has 1 atom stereocenters. The molecule has 7 nitrogen and oxygen atoms in total. The molecule has 0 radical (unpaired) electrons. The van der Waals surface area contributed by atoms with E-state index in [1.54, 1.807) is 6.92 Å². The minimum Gasteiger partial charge on any atom is -0.451 e. The smallest absolute Gasteiger partial charge is 0.339 e. The molecule has 1 aliphatic heterocycles. The molecule has 31 heavy (non-hydrogen) atoms. The van der Waals surface area contributed by atoms with Crippen LogP contribution in [0.5, 0.6) is 0 Å². The molecule has 1 saturated heterocycles. The van der Waals surface area contributed by atoms with Crippen molar-refractivity contribution in [1.82, 2.24) is 4.31 Å². The minimum atomic E-state index is -3.83. The molecule has 0 saturated carbocycles. The highest BCUT2D eigenvalue weighted by Crippen LogP contribution is 2.22. The third-order valence-electron chi connectivity index (χ3n) is 4.89. The Morgan fingerprint density at radius 3 is 2.39 bits per heavy atom. The van der Waals surface area contributed by atoms with E-state index in [0.29, 0.717) is 5.56 Å². The number of Topliss-reactive ketones (excluding diaryl/α,β-unsaturated/α-hetero) is 1. The van der Waals surface area contributed by atoms with Crippen molar-refractivity contribution in [3.8, 4) is 0 Å². The number of hydrogen-bond acceptors (Lipinski definition) is 6. The second-order valence-corrected chi connectivity index (χ2v) is 8.97. The zero-order valence-electron chi connectivity index (χ0n) is 16.9. The normalized spacial score (nSPS) is 16.0. The van der Waals surface area contributed by atoms with Crippen LogP contribution in [0.2, 0.25) is 0 Å². The number of rotatable bonds is 6. The van der Waals surface area contributed by atoms with Gasteiger partial charge in [0.1, 0.15) is 0 Å². The number of benzene rings is 2. The van der Waals surface area contributed by atoms with Crippen LogP contribution in [0.15, 0.2) is 41.3 Å². The Labute approximate surface area is 178 Å². The van der Waals surface area contributed by atoms with E-state index in [9.17, 15) is 26.8 Å². The molecule has 0 amide bonds. The third kappa shape index (κ3) is 4.97. The average molecular weight is 453 g/mol. The van der Waals surface area contributed by atoms with Gasteiger partial charge in [-0.3, -0.25) is 4.79 Å². The van der Waals surface area contributed by atoms with Gasteiger partial charge in [0.05, 0.1) is 23.7 Å². The summed E-state index contributed by atoms with van der Waals surface area (Å²) in [5, 5.41) is 0. The molecule has 3 rings (SSSR count). The first-order valence-electron chi connectivity index (χ1n) is 9.50. The van der Waals surface area contributed by atoms with Crippen molar-refractivity contribution in [2.45, 2.75) is 24.8 Å². The maximum atomic E-state index is 13.4. The van der Waals surface area contributed by atoms with E-state index in [0.717, 1.165) is 18.2 Å². The van der Waals surface area contributed by atoms with Gasteiger partial charge in [0.15, 0.2) is 17.7 Å². The van der Waals surface area contributed by atoms with Gasteiger partial charge in [-0.2, -0.15) is 4.31 Å². The maximum absolute atomic E-state index is 13.4. The molecule has 166 valence electrons. The molecule has 0 spiro atoms. The molecule has 2 aromatic rings. The highest BCUT2D eigenvalue weighted by Gasteiger charge is 2.28. The van der Waals surface area contributed by atoms with Crippen molar-refractivity contribution in [1.29, 1.82) is 0 Å². The van der Waals surface area contributed by atoms with Crippen LogP contribution in [-0.2, 0) is 19.5 Å². The molecular weight excluding hydrogens is 432 g/mol. The molecule has 1 aliphatic rings. The van der Waals surface area contributed by atoms with Crippen LogP contribution in [0.3, 0.4) is 0 Å². The van der Waals surface area contributed by atoms with E-state index < -0.39 is 39.5 Å². The fourth-order valence-corrected chi connectivity index (χ4v) is 4.51. The van der Waals surface area contributed by atoms with Crippen LogP contribution < -0.4 is 0 Å². The van der Waals surface area contributed by atoms with Gasteiger partial charge in [0, 0.05) is 18.7 Å². The van der Waals surface area contributed by atoms with Gasteiger partial charge in [-0.05, 0) is 49.7 Å². The van der Waals surface area contributed by atoms with Gasteiger partial charge in [0.25, 0.3) is 0 Å². The molecule has 1 unspecified atom stereocenters. The summed E-state index contributed by atoms with van der Waals surface area (Å²) in [6, 6.07) is 6.70. The van der Waals surface area contributed by atoms with Crippen molar-refractivity contribution in [3.63, 3.8) is 0 Å². The first-order valence-corrected chi connectivity index (χ1v) is 10.9. The number of hydrogen-bond donors (Lipinski definition) is 0. The second-order valence-electron chi connectivity index (χ2n) is 7.03. The Balaban J connectivity index is 1.80. The molecule has 0 N–H and O–H groups in total. The Hall–Kier alpha value is -2.69. The van der Waals surface area contributed by atoms with Gasteiger partial charge in [-0.1, -0.05) is 6.07 Å². The predicted octanol–water partition coefficient (Wildman–Crippen LogP) is 2.72. The number of aryl methyl sites for hydroxylation is 1. The van der Waals surface area contributed by atoms with Crippen LogP contribution in [-0.4, -0.2) is 56.9 Å². The third-order valence-corrected chi connectivity index (χ3v) is 6.79. The summed E-state index contributed by atoms with van der Waals surface area (Å²) in [5.41, 5.74) is 0.289. The fourth-order valence-electron chi connectivity index (χ4n) is 3.08. The maximum Gasteiger partial charge on any atom is 0.339 e. The predicted molar refractivity (Wildman–Crippen MR) is 106 cm³/mol. The number of ether oxygens (including phenoxy) is 2. The van der Waals surface area contributed by atoms with Gasteiger partial charge in [-0.15, -0.1) is 0 Å². The lowest BCUT2D eigenvalue weighted by molar-refractivity contribution is 0.0317. The summed E-state index contributed by atoms with van der Waals surface area (Å²) < 4.78 is 63.8. The van der Waals surface area contributed by atoms with Crippen molar-refractivity contribution in [3.05, 3.63) is 64.7 Å². The number of esters is 1. The largest absolute Gasteiger partial charge is 0.451 e. The SMILES string of the molecule is Cc1ccc(S(=O)(=O)N2CCOCC2)cc1C(=O)OC(C)C(=O)c1ccc(F)c(F)c1. The first kappa shape index (κ1) is 23.0. The Morgan fingerprint density at radius 1 is 1.06 bits per heavy atom. The molecular formula is C21H21F2NO6S. The number of nitrogens with zero attached hydrogens (tertiary/aromatic N) is 1. The zero-order valence-corrected chi connectivity index (χ0v) is 17.7. The van der Waals surface area contributed by atoms with Crippen LogP contribution in [0.1, 0.15) is 33.2 Å². The second kappa shape index (κ2) is 9.21. The number of morpholine rings is 1. The van der Waals surface area contributed by atoms with Crippen LogP contribution in [0.4, 0.5) is 8.78 Å². The lowest BCUT2D eigenvalue weighted by Crippen LogP contribution is -2.40. The number of ketones is 1. The lowest BCUT2D eigenvalue weighted by atomic mass is 10.1. The summed E-state index contributed by atoms with van der Waals surface area (Å²) in [4.78, 5) is 25.0. The number of carbonyl (C=O) groups is 2. The van der Waals surface area contributed by atoms with Crippen molar-refractivity contribution in [2.75, 3.05) is 26.3 Å². The average Bonchev–Trinajstić information content (AvgIpc) is 2.75. The molecule has 0 aliphatic carbocycles. The first-order chi connectivity index (χ1) is 14.6. The molecule has 1 heterocycles. The monoisotopic (exact) mass is 453 g/mol. The minimum absolute atomic E-state index is 0.0146. The van der Waals surface area contributed by atoms with E-state index in [1.165, 1.54) is 29.4 Å². The summed E-state index contributed by atoms with van der Waals surface area (Å²) in [7, 11) is -3.83. The number of sulfonamides is 1. The van der Waals surface area contributed by atoms with E-state index in [1.807, 2.05) is 0 Å². The van der Waals surface area contributed by atoms with E-state index in [-0.39, 0.29) is 42.3 Å². The summed E-state index contributed by atoms with van der Waals surface area (Å²) in [6.07, 6.45) is -1.30. The highest BCUT2D eigenvalue weighted by atomic mass is 32.2.